The van der Waals surface area contributed by atoms with E-state index in [0.717, 1.165) is 18.2 Å². The minimum Gasteiger partial charge on any atom is -0.348 e. The van der Waals surface area contributed by atoms with Gasteiger partial charge in [-0.2, -0.15) is 13.2 Å². The Kier molecular flexibility index (Phi) is 9.32. The number of anilines is 2. The highest BCUT2D eigenvalue weighted by molar-refractivity contribution is 6.31. The predicted molar refractivity (Wildman–Crippen MR) is 152 cm³/mol. The lowest BCUT2D eigenvalue weighted by Gasteiger charge is -2.20. The van der Waals surface area contributed by atoms with Gasteiger partial charge in [-0.05, 0) is 48.9 Å². The SMILES string of the molecule is Cc1c(Cl)cccc1NC(=O)c1cc(N(N)C(=O)c2ccccc2C(F)(F)F)cc2[nH]c(CC(=O)N(C)C)nc12.Cl. The van der Waals surface area contributed by atoms with Gasteiger partial charge in [-0.25, -0.2) is 15.8 Å². The number of carbonyl (C=O) groups excluding carboxylic acids is 3. The molecule has 1 heterocycles. The largest absolute Gasteiger partial charge is 0.417 e. The zero-order valence-electron chi connectivity index (χ0n) is 22.0. The van der Waals surface area contributed by atoms with Crippen LogP contribution in [0.3, 0.4) is 0 Å². The molecule has 3 amide bonds. The minimum atomic E-state index is -4.80. The van der Waals surface area contributed by atoms with E-state index in [0.29, 0.717) is 21.3 Å². The first-order chi connectivity index (χ1) is 18.8. The number of fused-ring (bicyclic) bond motifs is 1. The van der Waals surface area contributed by atoms with Crippen LogP contribution >= 0.6 is 24.0 Å². The summed E-state index contributed by atoms with van der Waals surface area (Å²) in [4.78, 5) is 47.6. The summed E-state index contributed by atoms with van der Waals surface area (Å²) in [7, 11) is 3.15. The second-order valence-electron chi connectivity index (χ2n) is 9.12. The van der Waals surface area contributed by atoms with E-state index < -0.39 is 29.1 Å². The highest BCUT2D eigenvalue weighted by Gasteiger charge is 2.36. The number of benzene rings is 3. The van der Waals surface area contributed by atoms with Crippen LogP contribution in [0.15, 0.2) is 54.6 Å². The molecule has 0 saturated carbocycles. The van der Waals surface area contributed by atoms with E-state index in [1.54, 1.807) is 39.2 Å². The minimum absolute atomic E-state index is 0. The Balaban J connectivity index is 0.00000462. The van der Waals surface area contributed by atoms with E-state index in [2.05, 4.69) is 15.3 Å². The molecule has 41 heavy (non-hydrogen) atoms. The van der Waals surface area contributed by atoms with Crippen molar-refractivity contribution in [3.05, 3.63) is 87.7 Å². The first-order valence-electron chi connectivity index (χ1n) is 11.8. The molecule has 216 valence electrons. The van der Waals surface area contributed by atoms with Crippen LogP contribution < -0.4 is 16.2 Å². The molecule has 0 aliphatic rings. The number of carbonyl (C=O) groups is 3. The first-order valence-corrected chi connectivity index (χ1v) is 12.2. The molecule has 0 spiro atoms. The number of hydrazine groups is 1. The molecule has 0 unspecified atom stereocenters. The van der Waals surface area contributed by atoms with Gasteiger partial charge >= 0.3 is 6.18 Å². The average molecular weight is 609 g/mol. The number of likely N-dealkylation sites (N-methyl/N-ethyl adjacent to an activating group) is 1. The highest BCUT2D eigenvalue weighted by atomic mass is 35.5. The second kappa shape index (κ2) is 12.2. The fourth-order valence-electron chi connectivity index (χ4n) is 3.95. The van der Waals surface area contributed by atoms with Crippen molar-refractivity contribution in [3.8, 4) is 0 Å². The number of alkyl halides is 3. The number of imidazole rings is 1. The van der Waals surface area contributed by atoms with E-state index in [1.807, 2.05) is 0 Å². The van der Waals surface area contributed by atoms with Crippen LogP contribution in [0, 0.1) is 6.92 Å². The maximum Gasteiger partial charge on any atom is 0.417 e. The van der Waals surface area contributed by atoms with Gasteiger partial charge in [0.1, 0.15) is 11.3 Å². The van der Waals surface area contributed by atoms with Crippen LogP contribution in [-0.2, 0) is 17.4 Å². The van der Waals surface area contributed by atoms with E-state index in [1.165, 1.54) is 23.1 Å². The van der Waals surface area contributed by atoms with E-state index in [4.69, 9.17) is 17.4 Å². The van der Waals surface area contributed by atoms with Crippen molar-refractivity contribution in [3.63, 3.8) is 0 Å². The predicted octanol–water partition coefficient (Wildman–Crippen LogP) is 5.37. The molecule has 0 radical (unpaired) electrons. The zero-order chi connectivity index (χ0) is 29.4. The van der Waals surface area contributed by atoms with Crippen molar-refractivity contribution in [1.29, 1.82) is 0 Å². The molecule has 4 aromatic rings. The molecule has 0 bridgehead atoms. The molecular weight excluding hydrogens is 584 g/mol. The van der Waals surface area contributed by atoms with Gasteiger partial charge in [0, 0.05) is 24.8 Å². The summed E-state index contributed by atoms with van der Waals surface area (Å²) in [5, 5.41) is 3.68. The summed E-state index contributed by atoms with van der Waals surface area (Å²) in [6.45, 7) is 1.71. The van der Waals surface area contributed by atoms with Crippen molar-refractivity contribution in [2.45, 2.75) is 19.5 Å². The third kappa shape index (κ3) is 6.62. The number of aromatic amines is 1. The monoisotopic (exact) mass is 608 g/mol. The van der Waals surface area contributed by atoms with Crippen molar-refractivity contribution in [2.24, 2.45) is 5.84 Å². The van der Waals surface area contributed by atoms with Gasteiger partial charge < -0.3 is 15.2 Å². The molecule has 4 N–H and O–H groups in total. The van der Waals surface area contributed by atoms with E-state index in [-0.39, 0.29) is 52.8 Å². The number of nitrogens with two attached hydrogens (primary N) is 1. The van der Waals surface area contributed by atoms with Crippen LogP contribution in [0.25, 0.3) is 11.0 Å². The third-order valence-corrected chi connectivity index (χ3v) is 6.57. The summed E-state index contributed by atoms with van der Waals surface area (Å²) in [5.74, 6) is 4.21. The van der Waals surface area contributed by atoms with E-state index >= 15 is 0 Å². The van der Waals surface area contributed by atoms with Gasteiger partial charge in [-0.1, -0.05) is 29.8 Å². The Morgan fingerprint density at radius 3 is 2.39 bits per heavy atom. The summed E-state index contributed by atoms with van der Waals surface area (Å²) in [5.41, 5.74) is -0.538. The van der Waals surface area contributed by atoms with Gasteiger partial charge in [0.15, 0.2) is 0 Å². The van der Waals surface area contributed by atoms with Gasteiger partial charge in [0.05, 0.1) is 34.3 Å². The number of H-pyrrole nitrogens is 1. The topological polar surface area (TPSA) is 124 Å². The molecule has 0 fully saturated rings. The van der Waals surface area contributed by atoms with Gasteiger partial charge in [0.25, 0.3) is 11.8 Å². The molecule has 9 nitrogen and oxygen atoms in total. The molecule has 3 aromatic carbocycles. The maximum absolute atomic E-state index is 13.6. The second-order valence-corrected chi connectivity index (χ2v) is 9.53. The van der Waals surface area contributed by atoms with Crippen molar-refractivity contribution < 1.29 is 27.6 Å². The molecule has 0 aliphatic carbocycles. The van der Waals surface area contributed by atoms with Crippen LogP contribution in [0.4, 0.5) is 24.5 Å². The summed E-state index contributed by atoms with van der Waals surface area (Å²) < 4.78 is 40.7. The molecule has 14 heteroatoms. The summed E-state index contributed by atoms with van der Waals surface area (Å²) in [6.07, 6.45) is -4.91. The number of halogens is 5. The average Bonchev–Trinajstić information content (AvgIpc) is 3.31. The number of hydrogen-bond donors (Lipinski definition) is 3. The number of amides is 3. The number of nitrogens with zero attached hydrogens (tertiary/aromatic N) is 3. The van der Waals surface area contributed by atoms with Gasteiger partial charge in [-0.3, -0.25) is 14.4 Å². The smallest absolute Gasteiger partial charge is 0.348 e. The Bertz CT molecular complexity index is 1640. The van der Waals surface area contributed by atoms with Crippen molar-refractivity contribution >= 4 is 64.1 Å². The Morgan fingerprint density at radius 1 is 1.05 bits per heavy atom. The standard InChI is InChI=1S/C27H24ClF3N6O3.ClH/c1-14-19(28)9-6-10-20(14)34-25(39)17-11-15(12-21-24(17)35-22(33-21)13-23(38)36(2)3)37(32)26(40)16-7-4-5-8-18(16)27(29,30)31;/h4-12H,13,32H2,1-3H3,(H,33,35)(H,34,39);1H. The quantitative estimate of drug-likeness (QED) is 0.154. The Labute approximate surface area is 243 Å². The lowest BCUT2D eigenvalue weighted by molar-refractivity contribution is -0.138. The van der Waals surface area contributed by atoms with Crippen LogP contribution in [0.5, 0.6) is 0 Å². The third-order valence-electron chi connectivity index (χ3n) is 6.16. The normalized spacial score (nSPS) is 11.1. The molecule has 4 rings (SSSR count). The summed E-state index contributed by atoms with van der Waals surface area (Å²) >= 11 is 6.17. The van der Waals surface area contributed by atoms with Crippen LogP contribution in [0.1, 0.15) is 37.7 Å². The van der Waals surface area contributed by atoms with Gasteiger partial charge in [0.2, 0.25) is 5.91 Å². The fraction of sp³-hybridized carbons (Fsp3) is 0.185. The summed E-state index contributed by atoms with van der Waals surface area (Å²) in [6, 6.07) is 11.8. The molecular formula is C27H25Cl2F3N6O3. The van der Waals surface area contributed by atoms with Crippen LogP contribution in [-0.4, -0.2) is 46.7 Å². The Hall–Kier alpha value is -4.13. The number of hydrogen-bond acceptors (Lipinski definition) is 5. The molecule has 0 saturated heterocycles. The molecule has 1 aromatic heterocycles. The number of nitrogens with one attached hydrogen (secondary N) is 2. The van der Waals surface area contributed by atoms with Crippen molar-refractivity contribution in [2.75, 3.05) is 24.4 Å². The zero-order valence-corrected chi connectivity index (χ0v) is 23.5. The lowest BCUT2D eigenvalue weighted by atomic mass is 10.1. The van der Waals surface area contributed by atoms with Crippen LogP contribution in [0.2, 0.25) is 5.02 Å². The lowest BCUT2D eigenvalue weighted by Crippen LogP contribution is -2.38. The van der Waals surface area contributed by atoms with E-state index in [9.17, 15) is 27.6 Å². The maximum atomic E-state index is 13.6. The highest BCUT2D eigenvalue weighted by Crippen LogP contribution is 2.33. The van der Waals surface area contributed by atoms with Gasteiger partial charge in [-0.15, -0.1) is 12.4 Å². The molecule has 0 atom stereocenters. The van der Waals surface area contributed by atoms with Crippen molar-refractivity contribution in [1.82, 2.24) is 14.9 Å². The molecule has 0 aliphatic heterocycles. The first kappa shape index (κ1) is 31.4. The number of rotatable bonds is 6. The fourth-order valence-corrected chi connectivity index (χ4v) is 4.12. The Morgan fingerprint density at radius 2 is 1.73 bits per heavy atom. The number of aromatic nitrogens is 2.